The summed E-state index contributed by atoms with van der Waals surface area (Å²) in [5.41, 5.74) is 5.60. The van der Waals surface area contributed by atoms with Crippen molar-refractivity contribution in [2.75, 3.05) is 11.5 Å². The minimum Gasteiger partial charge on any atom is -0.455 e. The second kappa shape index (κ2) is 3.69. The van der Waals surface area contributed by atoms with Gasteiger partial charge >= 0.3 is 5.97 Å². The summed E-state index contributed by atoms with van der Waals surface area (Å²) in [6.07, 6.45) is 0. The highest BCUT2D eigenvalue weighted by Gasteiger charge is 2.28. The highest BCUT2D eigenvalue weighted by molar-refractivity contribution is 7.99. The number of hydrogen-bond donors (Lipinski definition) is 1. The number of hydrogen-bond acceptors (Lipinski definition) is 5. The van der Waals surface area contributed by atoms with Crippen LogP contribution in [-0.2, 0) is 11.3 Å². The number of rotatable bonds is 1. The van der Waals surface area contributed by atoms with Crippen LogP contribution in [0.1, 0.15) is 31.3 Å². The molecule has 1 aromatic heterocycles. The van der Waals surface area contributed by atoms with Crippen LogP contribution in [0.5, 0.6) is 0 Å². The Balaban J connectivity index is 2.30. The van der Waals surface area contributed by atoms with E-state index >= 15 is 0 Å². The van der Waals surface area contributed by atoms with E-state index in [4.69, 9.17) is 10.5 Å². The second-order valence-electron chi connectivity index (χ2n) is 4.63. The predicted molar refractivity (Wildman–Crippen MR) is 62.5 cm³/mol. The summed E-state index contributed by atoms with van der Waals surface area (Å²) < 4.78 is 7.13. The lowest BCUT2D eigenvalue weighted by molar-refractivity contribution is 0.00586. The fraction of sp³-hybridized carbons (Fsp3) is 0.600. The number of carbonyl (C=O) groups is 1. The van der Waals surface area contributed by atoms with E-state index in [9.17, 15) is 4.79 Å². The normalized spacial score (nSPS) is 14.9. The van der Waals surface area contributed by atoms with Gasteiger partial charge in [-0.1, -0.05) is 11.8 Å². The molecule has 2 N–H and O–H groups in total. The molecule has 2 rings (SSSR count). The number of nitrogen functional groups attached to an aromatic ring is 1. The van der Waals surface area contributed by atoms with E-state index in [0.29, 0.717) is 5.69 Å². The fourth-order valence-corrected chi connectivity index (χ4v) is 2.50. The summed E-state index contributed by atoms with van der Waals surface area (Å²) in [5, 5.41) is 0.804. The maximum atomic E-state index is 11.9. The molecule has 0 amide bonds. The van der Waals surface area contributed by atoms with Gasteiger partial charge < -0.3 is 15.0 Å². The minimum absolute atomic E-state index is 0.261. The first-order chi connectivity index (χ1) is 7.38. The first-order valence-electron chi connectivity index (χ1n) is 5.10. The van der Waals surface area contributed by atoms with Gasteiger partial charge in [-0.2, -0.15) is 0 Å². The Bertz CT molecular complexity index is 434. The quantitative estimate of drug-likeness (QED) is 0.755. The lowest BCUT2D eigenvalue weighted by atomic mass is 10.2. The molecule has 0 spiro atoms. The van der Waals surface area contributed by atoms with Crippen LogP contribution in [0.25, 0.3) is 0 Å². The Morgan fingerprint density at radius 1 is 1.56 bits per heavy atom. The van der Waals surface area contributed by atoms with E-state index in [0.717, 1.165) is 17.5 Å². The number of ether oxygens (including phenoxy) is 1. The molecule has 1 aliphatic heterocycles. The van der Waals surface area contributed by atoms with Gasteiger partial charge in [-0.05, 0) is 20.8 Å². The zero-order valence-electron chi connectivity index (χ0n) is 9.61. The molecular weight excluding hydrogens is 226 g/mol. The number of carbonyl (C=O) groups excluding carboxylic acids is 1. The highest BCUT2D eigenvalue weighted by Crippen LogP contribution is 2.30. The van der Waals surface area contributed by atoms with Gasteiger partial charge in [-0.25, -0.2) is 9.78 Å². The monoisotopic (exact) mass is 241 g/mol. The molecule has 0 radical (unpaired) electrons. The van der Waals surface area contributed by atoms with Crippen LogP contribution in [0.4, 0.5) is 5.82 Å². The number of anilines is 1. The highest BCUT2D eigenvalue weighted by atomic mass is 32.2. The van der Waals surface area contributed by atoms with Crippen LogP contribution in [0.2, 0.25) is 0 Å². The van der Waals surface area contributed by atoms with Gasteiger partial charge in [-0.3, -0.25) is 0 Å². The van der Waals surface area contributed by atoms with Crippen LogP contribution in [0.15, 0.2) is 5.16 Å². The van der Waals surface area contributed by atoms with E-state index in [1.165, 1.54) is 0 Å². The van der Waals surface area contributed by atoms with E-state index in [1.807, 2.05) is 25.3 Å². The molecule has 0 fully saturated rings. The lowest BCUT2D eigenvalue weighted by Crippen LogP contribution is -2.26. The van der Waals surface area contributed by atoms with Crippen molar-refractivity contribution in [3.05, 3.63) is 5.69 Å². The number of imidazole rings is 1. The molecule has 0 aliphatic carbocycles. The van der Waals surface area contributed by atoms with Crippen molar-refractivity contribution in [2.45, 2.75) is 38.1 Å². The third kappa shape index (κ3) is 2.02. The summed E-state index contributed by atoms with van der Waals surface area (Å²) in [6.45, 7) is 6.25. The number of nitrogens with two attached hydrogens (primary N) is 1. The minimum atomic E-state index is -0.514. The molecule has 0 saturated heterocycles. The van der Waals surface area contributed by atoms with Gasteiger partial charge in [0.15, 0.2) is 16.7 Å². The Morgan fingerprint density at radius 2 is 2.25 bits per heavy atom. The van der Waals surface area contributed by atoms with Gasteiger partial charge in [0.2, 0.25) is 0 Å². The van der Waals surface area contributed by atoms with Crippen molar-refractivity contribution < 1.29 is 9.53 Å². The Labute approximate surface area is 98.4 Å². The summed E-state index contributed by atoms with van der Waals surface area (Å²) >= 11 is 1.60. The molecule has 6 heteroatoms. The van der Waals surface area contributed by atoms with Gasteiger partial charge in [0, 0.05) is 12.3 Å². The van der Waals surface area contributed by atoms with Crippen LogP contribution < -0.4 is 5.73 Å². The first kappa shape index (κ1) is 11.3. The van der Waals surface area contributed by atoms with Crippen LogP contribution >= 0.6 is 11.8 Å². The van der Waals surface area contributed by atoms with Crippen molar-refractivity contribution >= 4 is 23.5 Å². The van der Waals surface area contributed by atoms with Crippen molar-refractivity contribution in [2.24, 2.45) is 0 Å². The fourth-order valence-electron chi connectivity index (χ4n) is 1.54. The van der Waals surface area contributed by atoms with Crippen molar-refractivity contribution in [1.29, 1.82) is 0 Å². The standard InChI is InChI=1S/C10H15N3O2S/c1-10(2,3)15-8(14)6-7(11)12-9-13(6)4-5-16-9/h4-5,11H2,1-3H3. The molecule has 0 aromatic carbocycles. The molecule has 1 aliphatic rings. The summed E-state index contributed by atoms with van der Waals surface area (Å²) in [5.74, 6) is 0.793. The third-order valence-corrected chi connectivity index (χ3v) is 3.05. The number of nitrogens with zero attached hydrogens (tertiary/aromatic N) is 2. The number of fused-ring (bicyclic) bond motifs is 1. The smallest absolute Gasteiger partial charge is 0.359 e. The maximum absolute atomic E-state index is 11.9. The van der Waals surface area contributed by atoms with Crippen LogP contribution in [0, 0.1) is 0 Å². The molecule has 1 aromatic rings. The van der Waals surface area contributed by atoms with Gasteiger partial charge in [0.05, 0.1) is 0 Å². The van der Waals surface area contributed by atoms with E-state index in [-0.39, 0.29) is 5.82 Å². The molecule has 0 atom stereocenters. The SMILES string of the molecule is CC(C)(C)OC(=O)c1c(N)nc2n1CCS2. The summed E-state index contributed by atoms with van der Waals surface area (Å²) in [4.78, 5) is 16.1. The molecule has 88 valence electrons. The molecular formula is C10H15N3O2S. The third-order valence-electron chi connectivity index (χ3n) is 2.10. The average Bonchev–Trinajstić information content (AvgIpc) is 2.58. The van der Waals surface area contributed by atoms with Gasteiger partial charge in [0.1, 0.15) is 5.60 Å². The van der Waals surface area contributed by atoms with Gasteiger partial charge in [-0.15, -0.1) is 0 Å². The average molecular weight is 241 g/mol. The zero-order valence-corrected chi connectivity index (χ0v) is 10.4. The molecule has 2 heterocycles. The largest absolute Gasteiger partial charge is 0.455 e. The molecule has 16 heavy (non-hydrogen) atoms. The van der Waals surface area contributed by atoms with E-state index < -0.39 is 11.6 Å². The van der Waals surface area contributed by atoms with Crippen molar-refractivity contribution in [1.82, 2.24) is 9.55 Å². The number of esters is 1. The summed E-state index contributed by atoms with van der Waals surface area (Å²) in [7, 11) is 0. The van der Waals surface area contributed by atoms with Crippen molar-refractivity contribution in [3.63, 3.8) is 0 Å². The summed E-state index contributed by atoms with van der Waals surface area (Å²) in [6, 6.07) is 0. The Kier molecular flexibility index (Phi) is 2.61. The van der Waals surface area contributed by atoms with E-state index in [1.54, 1.807) is 11.8 Å². The topological polar surface area (TPSA) is 70.1 Å². The van der Waals surface area contributed by atoms with Crippen molar-refractivity contribution in [3.8, 4) is 0 Å². The lowest BCUT2D eigenvalue weighted by Gasteiger charge is -2.19. The maximum Gasteiger partial charge on any atom is 0.359 e. The first-order valence-corrected chi connectivity index (χ1v) is 6.09. The number of aromatic nitrogens is 2. The Morgan fingerprint density at radius 3 is 2.88 bits per heavy atom. The number of thioether (sulfide) groups is 1. The van der Waals surface area contributed by atoms with E-state index in [2.05, 4.69) is 4.98 Å². The van der Waals surface area contributed by atoms with Crippen LogP contribution in [-0.4, -0.2) is 26.9 Å². The molecule has 5 nitrogen and oxygen atoms in total. The molecule has 0 saturated carbocycles. The molecule has 0 unspecified atom stereocenters. The predicted octanol–water partition coefficient (Wildman–Crippen LogP) is 1.53. The Hall–Kier alpha value is -1.17. The zero-order chi connectivity index (χ0) is 11.9. The van der Waals surface area contributed by atoms with Gasteiger partial charge in [0.25, 0.3) is 0 Å². The molecule has 0 bridgehead atoms. The second-order valence-corrected chi connectivity index (χ2v) is 5.69. The van der Waals surface area contributed by atoms with Crippen LogP contribution in [0.3, 0.4) is 0 Å².